The summed E-state index contributed by atoms with van der Waals surface area (Å²) in [5.41, 5.74) is 6.02. The number of hydrogen-bond donors (Lipinski definition) is 0. The lowest BCUT2D eigenvalue weighted by Gasteiger charge is -2.42. The molecule has 0 spiro atoms. The monoisotopic (exact) mass is 478 g/mol. The lowest BCUT2D eigenvalue weighted by Crippen LogP contribution is -2.34. The van der Waals surface area contributed by atoms with Gasteiger partial charge in [-0.2, -0.15) is 0 Å². The Hall–Kier alpha value is -2.09. The van der Waals surface area contributed by atoms with Gasteiger partial charge in [-0.1, -0.05) is 85.1 Å². The molecule has 1 aliphatic carbocycles. The number of carbonyl (C=O) groups is 1. The lowest BCUT2D eigenvalue weighted by molar-refractivity contribution is 0.0944. The van der Waals surface area contributed by atoms with Crippen LogP contribution in [-0.2, 0) is 17.3 Å². The van der Waals surface area contributed by atoms with E-state index >= 15 is 0 Å². The van der Waals surface area contributed by atoms with Crippen LogP contribution in [0.25, 0.3) is 0 Å². The van der Waals surface area contributed by atoms with E-state index < -0.39 is 0 Å². The van der Waals surface area contributed by atoms with Gasteiger partial charge in [0.15, 0.2) is 11.5 Å². The van der Waals surface area contributed by atoms with Crippen molar-refractivity contribution in [3.05, 3.63) is 70.2 Å². The second kappa shape index (κ2) is 11.8. The summed E-state index contributed by atoms with van der Waals surface area (Å²) >= 11 is 0. The minimum atomic E-state index is 0. The van der Waals surface area contributed by atoms with E-state index in [9.17, 15) is 4.79 Å². The molecule has 2 nitrogen and oxygen atoms in total. The van der Waals surface area contributed by atoms with E-state index in [0.29, 0.717) is 18.1 Å². The molecular weight excluding hydrogens is 428 g/mol. The van der Waals surface area contributed by atoms with Crippen molar-refractivity contribution in [3.8, 4) is 0 Å². The normalized spacial score (nSPS) is 17.5. The molecule has 0 N–H and O–H groups in total. The summed E-state index contributed by atoms with van der Waals surface area (Å²) in [7, 11) is 0. The fourth-order valence-corrected chi connectivity index (χ4v) is 5.55. The molecule has 1 aromatic heterocycles. The molecule has 0 amide bonds. The zero-order chi connectivity index (χ0) is 25.6. The highest BCUT2D eigenvalue weighted by molar-refractivity contribution is 5.93. The minimum Gasteiger partial charge on any atom is -0.458 e. The van der Waals surface area contributed by atoms with Crippen molar-refractivity contribution in [1.82, 2.24) is 0 Å². The van der Waals surface area contributed by atoms with E-state index in [0.717, 1.165) is 31.4 Å². The molecule has 0 aliphatic heterocycles. The number of unbranched alkanes of at least 4 members (excludes halogenated alkanes) is 1. The van der Waals surface area contributed by atoms with Gasteiger partial charge in [0.05, 0.1) is 0 Å². The Morgan fingerprint density at radius 1 is 1.03 bits per heavy atom. The number of Topliss-reactive ketones (excluding diaryl/α,β-unsaturated/α-hetero) is 1. The molecule has 2 heteroatoms. The van der Waals surface area contributed by atoms with Gasteiger partial charge in [0.25, 0.3) is 0 Å². The van der Waals surface area contributed by atoms with Crippen LogP contribution in [-0.4, -0.2) is 5.78 Å². The van der Waals surface area contributed by atoms with Gasteiger partial charge in [-0.25, -0.2) is 0 Å². The van der Waals surface area contributed by atoms with Crippen LogP contribution in [0.3, 0.4) is 0 Å². The fourth-order valence-electron chi connectivity index (χ4n) is 5.55. The standard InChI is InChI=1S/C33H48O2.H2/c1-8-10-12-14-25(13-11-9-2)15-17-30(34)31-18-16-27(35-31)22-26-23-29-28(21-24(26)3)32(4,5)19-20-33(29,6)7;/h10,12,16,18,21,23,25H,8-9,11,13-15,17,19-20,22H2,1-7H3;1H/t25-;/m1./s1. The summed E-state index contributed by atoms with van der Waals surface area (Å²) in [6, 6.07) is 8.71. The predicted octanol–water partition coefficient (Wildman–Crippen LogP) is 9.90. The number of allylic oxidation sites excluding steroid dienone is 2. The molecule has 0 radical (unpaired) electrons. The Morgan fingerprint density at radius 2 is 1.71 bits per heavy atom. The third kappa shape index (κ3) is 6.99. The Kier molecular flexibility index (Phi) is 9.24. The van der Waals surface area contributed by atoms with Crippen molar-refractivity contribution in [2.24, 2.45) is 5.92 Å². The smallest absolute Gasteiger partial charge is 0.198 e. The molecule has 1 aliphatic rings. The molecule has 1 aromatic carbocycles. The van der Waals surface area contributed by atoms with Crippen LogP contribution in [0.15, 0.2) is 40.8 Å². The lowest BCUT2D eigenvalue weighted by atomic mass is 9.62. The van der Waals surface area contributed by atoms with E-state index in [4.69, 9.17) is 4.42 Å². The molecule has 0 saturated carbocycles. The second-order valence-electron chi connectivity index (χ2n) is 12.1. The van der Waals surface area contributed by atoms with Crippen LogP contribution in [0.2, 0.25) is 0 Å². The first-order valence-electron chi connectivity index (χ1n) is 14.0. The summed E-state index contributed by atoms with van der Waals surface area (Å²) in [5.74, 6) is 2.14. The van der Waals surface area contributed by atoms with Gasteiger partial charge in [-0.15, -0.1) is 0 Å². The Bertz CT molecular complexity index is 1020. The number of furan rings is 1. The average Bonchev–Trinajstić information content (AvgIpc) is 3.28. The minimum absolute atomic E-state index is 0. The van der Waals surface area contributed by atoms with Crippen molar-refractivity contribution in [2.45, 2.75) is 124 Å². The van der Waals surface area contributed by atoms with Gasteiger partial charge in [-0.3, -0.25) is 4.79 Å². The molecule has 1 atom stereocenters. The number of ketones is 1. The van der Waals surface area contributed by atoms with Crippen LogP contribution in [0.1, 0.15) is 139 Å². The quantitative estimate of drug-likeness (QED) is 0.224. The van der Waals surface area contributed by atoms with Gasteiger partial charge in [-0.05, 0) is 90.2 Å². The average molecular weight is 479 g/mol. The van der Waals surface area contributed by atoms with Gasteiger partial charge < -0.3 is 4.42 Å². The van der Waals surface area contributed by atoms with Crippen molar-refractivity contribution in [3.63, 3.8) is 0 Å². The van der Waals surface area contributed by atoms with Crippen LogP contribution < -0.4 is 0 Å². The van der Waals surface area contributed by atoms with Crippen molar-refractivity contribution in [2.75, 3.05) is 0 Å². The van der Waals surface area contributed by atoms with E-state index in [1.807, 2.05) is 12.1 Å². The zero-order valence-electron chi connectivity index (χ0n) is 23.4. The summed E-state index contributed by atoms with van der Waals surface area (Å²) < 4.78 is 6.09. The largest absolute Gasteiger partial charge is 0.458 e. The Labute approximate surface area is 216 Å². The number of fused-ring (bicyclic) bond motifs is 1. The Morgan fingerprint density at radius 3 is 2.37 bits per heavy atom. The van der Waals surface area contributed by atoms with Crippen molar-refractivity contribution >= 4 is 5.78 Å². The van der Waals surface area contributed by atoms with Crippen LogP contribution in [0, 0.1) is 12.8 Å². The summed E-state index contributed by atoms with van der Waals surface area (Å²) in [6.45, 7) is 16.1. The highest BCUT2D eigenvalue weighted by Crippen LogP contribution is 2.46. The molecule has 0 unspecified atom stereocenters. The first-order valence-corrected chi connectivity index (χ1v) is 14.0. The molecule has 0 bridgehead atoms. The zero-order valence-corrected chi connectivity index (χ0v) is 23.4. The molecule has 35 heavy (non-hydrogen) atoms. The van der Waals surface area contributed by atoms with Crippen molar-refractivity contribution in [1.29, 1.82) is 0 Å². The Balaban J connectivity index is 0.00000456. The second-order valence-corrected chi connectivity index (χ2v) is 12.1. The summed E-state index contributed by atoms with van der Waals surface area (Å²) in [4.78, 5) is 12.9. The van der Waals surface area contributed by atoms with Crippen LogP contribution in [0.5, 0.6) is 0 Å². The van der Waals surface area contributed by atoms with Gasteiger partial charge in [0, 0.05) is 14.3 Å². The maximum absolute atomic E-state index is 12.9. The van der Waals surface area contributed by atoms with Gasteiger partial charge in [0.1, 0.15) is 5.76 Å². The number of hydrogen-bond acceptors (Lipinski definition) is 2. The van der Waals surface area contributed by atoms with E-state index in [-0.39, 0.29) is 18.0 Å². The molecular formula is C33H50O2. The molecule has 0 fully saturated rings. The number of aryl methyl sites for hydroxylation is 1. The molecule has 194 valence electrons. The summed E-state index contributed by atoms with van der Waals surface area (Å²) in [5, 5.41) is 0. The van der Waals surface area contributed by atoms with Crippen molar-refractivity contribution < 1.29 is 10.6 Å². The third-order valence-electron chi connectivity index (χ3n) is 8.23. The maximum atomic E-state index is 12.9. The number of carbonyl (C=O) groups excluding carboxylic acids is 1. The first-order chi connectivity index (χ1) is 16.6. The molecule has 3 rings (SSSR count). The highest BCUT2D eigenvalue weighted by Gasteiger charge is 2.37. The van der Waals surface area contributed by atoms with Crippen LogP contribution >= 0.6 is 0 Å². The molecule has 0 saturated heterocycles. The summed E-state index contributed by atoms with van der Waals surface area (Å²) in [6.07, 6.45) is 15.0. The highest BCUT2D eigenvalue weighted by atomic mass is 16.3. The van der Waals surface area contributed by atoms with E-state index in [1.165, 1.54) is 54.4 Å². The molecule has 2 aromatic rings. The third-order valence-corrected chi connectivity index (χ3v) is 8.23. The van der Waals surface area contributed by atoms with Crippen LogP contribution in [0.4, 0.5) is 0 Å². The van der Waals surface area contributed by atoms with Gasteiger partial charge in [0.2, 0.25) is 0 Å². The topological polar surface area (TPSA) is 30.2 Å². The van der Waals surface area contributed by atoms with E-state index in [1.54, 1.807) is 0 Å². The first kappa shape index (κ1) is 27.5. The number of benzene rings is 1. The predicted molar refractivity (Wildman–Crippen MR) is 151 cm³/mol. The fraction of sp³-hybridized carbons (Fsp3) is 0.606. The number of rotatable bonds is 12. The maximum Gasteiger partial charge on any atom is 0.198 e. The SMILES string of the molecule is CCC=CC[C@@H](CCCC)CCC(=O)c1ccc(Cc2cc3c(cc2C)C(C)(C)CCC3(C)C)o1.[HH]. The molecule has 1 heterocycles. The van der Waals surface area contributed by atoms with Gasteiger partial charge >= 0.3 is 0 Å². The van der Waals surface area contributed by atoms with E-state index in [2.05, 4.69) is 72.8 Å².